The Morgan fingerprint density at radius 3 is 2.65 bits per heavy atom. The minimum absolute atomic E-state index is 0.203. The van der Waals surface area contributed by atoms with Crippen LogP contribution in [0.1, 0.15) is 53.0 Å². The van der Waals surface area contributed by atoms with Crippen LogP contribution in [0.4, 0.5) is 13.2 Å². The van der Waals surface area contributed by atoms with Gasteiger partial charge in [0.15, 0.2) is 17.5 Å². The summed E-state index contributed by atoms with van der Waals surface area (Å²) in [6.07, 6.45) is -2.75. The topological polar surface area (TPSA) is 96.5 Å². The molecule has 0 saturated heterocycles. The molecule has 1 N–H and O–H groups in total. The van der Waals surface area contributed by atoms with E-state index in [2.05, 4.69) is 20.4 Å². The van der Waals surface area contributed by atoms with Gasteiger partial charge in [0.2, 0.25) is 0 Å². The zero-order valence-corrected chi connectivity index (χ0v) is 17.2. The van der Waals surface area contributed by atoms with E-state index in [1.165, 1.54) is 10.9 Å². The summed E-state index contributed by atoms with van der Waals surface area (Å²) < 4.78 is 40.5. The predicted molar refractivity (Wildman–Crippen MR) is 106 cm³/mol. The molecule has 1 unspecified atom stereocenters. The lowest BCUT2D eigenvalue weighted by molar-refractivity contribution is -0.137. The molecule has 3 rings (SSSR count). The fourth-order valence-electron chi connectivity index (χ4n) is 2.77. The van der Waals surface area contributed by atoms with Gasteiger partial charge in [0.1, 0.15) is 6.07 Å². The minimum atomic E-state index is -4.64. The molecule has 7 nitrogen and oxygen atoms in total. The maximum absolute atomic E-state index is 13.0. The second-order valence-electron chi connectivity index (χ2n) is 6.59. The number of hydrogen-bond acceptors (Lipinski definition) is 5. The van der Waals surface area contributed by atoms with Gasteiger partial charge in [-0.25, -0.2) is 9.97 Å². The number of nitrogens with zero attached hydrogens (tertiary/aromatic N) is 5. The van der Waals surface area contributed by atoms with E-state index in [0.717, 1.165) is 18.2 Å². The average Bonchev–Trinajstić information content (AvgIpc) is 3.17. The van der Waals surface area contributed by atoms with Gasteiger partial charge < -0.3 is 5.32 Å². The minimum Gasteiger partial charge on any atom is -0.342 e. The van der Waals surface area contributed by atoms with E-state index in [1.807, 2.05) is 13.0 Å². The summed E-state index contributed by atoms with van der Waals surface area (Å²) in [5.74, 6) is 0.454. The van der Waals surface area contributed by atoms with Gasteiger partial charge in [-0.3, -0.25) is 4.79 Å². The van der Waals surface area contributed by atoms with Crippen molar-refractivity contribution in [1.82, 2.24) is 25.1 Å². The first-order chi connectivity index (χ1) is 14.6. The molecule has 1 amide bonds. The highest BCUT2D eigenvalue weighted by Gasteiger charge is 2.32. The Hall–Kier alpha value is -3.45. The number of carbonyl (C=O) groups is 1. The van der Waals surface area contributed by atoms with Crippen LogP contribution >= 0.6 is 11.6 Å². The molecule has 1 atom stereocenters. The molecule has 0 saturated carbocycles. The van der Waals surface area contributed by atoms with Gasteiger partial charge in [0.05, 0.1) is 17.2 Å². The Morgan fingerprint density at radius 1 is 1.32 bits per heavy atom. The van der Waals surface area contributed by atoms with Gasteiger partial charge in [-0.15, -0.1) is 5.10 Å². The Morgan fingerprint density at radius 2 is 2.06 bits per heavy atom. The number of halogens is 4. The zero-order chi connectivity index (χ0) is 22.8. The molecule has 0 aliphatic heterocycles. The third-order valence-corrected chi connectivity index (χ3v) is 4.53. The summed E-state index contributed by atoms with van der Waals surface area (Å²) >= 11 is 5.77. The first-order valence-corrected chi connectivity index (χ1v) is 9.51. The fraction of sp³-hybridized carbons (Fsp3) is 0.250. The number of benzene rings is 1. The average molecular weight is 449 g/mol. The second-order valence-corrected chi connectivity index (χ2v) is 7.03. The van der Waals surface area contributed by atoms with Crippen LogP contribution in [0.15, 0.2) is 36.5 Å². The Labute approximate surface area is 180 Å². The molecule has 3 aromatic rings. The van der Waals surface area contributed by atoms with Gasteiger partial charge in [-0.05, 0) is 37.3 Å². The number of nitriles is 1. The Bertz CT molecular complexity index is 1150. The van der Waals surface area contributed by atoms with Crippen molar-refractivity contribution in [2.45, 2.75) is 32.5 Å². The number of carbonyl (C=O) groups excluding carboxylic acids is 1. The molecule has 1 aromatic carbocycles. The van der Waals surface area contributed by atoms with Gasteiger partial charge in [0.25, 0.3) is 5.91 Å². The first-order valence-electron chi connectivity index (χ1n) is 9.13. The molecule has 0 aliphatic carbocycles. The van der Waals surface area contributed by atoms with Crippen molar-refractivity contribution in [3.63, 3.8) is 0 Å². The van der Waals surface area contributed by atoms with Crippen molar-refractivity contribution in [3.8, 4) is 11.9 Å². The van der Waals surface area contributed by atoms with Crippen LogP contribution in [0.2, 0.25) is 5.02 Å². The van der Waals surface area contributed by atoms with Crippen molar-refractivity contribution < 1.29 is 18.0 Å². The monoisotopic (exact) mass is 448 g/mol. The molecule has 31 heavy (non-hydrogen) atoms. The highest BCUT2D eigenvalue weighted by molar-refractivity contribution is 6.31. The van der Waals surface area contributed by atoms with Crippen LogP contribution in [0, 0.1) is 11.3 Å². The normalized spacial score (nSPS) is 12.3. The van der Waals surface area contributed by atoms with E-state index in [9.17, 15) is 18.0 Å². The van der Waals surface area contributed by atoms with E-state index >= 15 is 0 Å². The number of aromatic nitrogens is 4. The van der Waals surface area contributed by atoms with Crippen LogP contribution in [-0.4, -0.2) is 25.7 Å². The van der Waals surface area contributed by atoms with Crippen LogP contribution in [0.5, 0.6) is 0 Å². The van der Waals surface area contributed by atoms with Crippen LogP contribution in [0.3, 0.4) is 0 Å². The molecule has 0 bridgehead atoms. The number of nitrogens with one attached hydrogen (secondary N) is 1. The van der Waals surface area contributed by atoms with Gasteiger partial charge in [-0.2, -0.15) is 23.1 Å². The Kier molecular flexibility index (Phi) is 6.27. The van der Waals surface area contributed by atoms with E-state index in [4.69, 9.17) is 16.9 Å². The summed E-state index contributed by atoms with van der Waals surface area (Å²) in [4.78, 5) is 21.2. The molecule has 11 heteroatoms. The SMILES string of the molecule is CCc1nc(C(C)NC(=O)c2cc(Cl)cc(C(F)(F)F)c2)n(-c2ccc(C#N)cn2)n1. The summed E-state index contributed by atoms with van der Waals surface area (Å²) in [5, 5.41) is 15.7. The molecular formula is C20H16ClF3N6O. The van der Waals surface area contributed by atoms with Crippen molar-refractivity contribution in [2.24, 2.45) is 0 Å². The standard InChI is InChI=1S/C20H16ClF3N6O/c1-3-16-28-18(30(29-16)17-5-4-12(9-25)10-26-17)11(2)27-19(31)13-6-14(20(22,23)24)8-15(21)7-13/h4-8,10-11H,3H2,1-2H3,(H,27,31). The third kappa shape index (κ3) is 5.00. The number of rotatable bonds is 5. The molecule has 160 valence electrons. The van der Waals surface area contributed by atoms with Crippen molar-refractivity contribution in [2.75, 3.05) is 0 Å². The molecule has 0 radical (unpaired) electrons. The molecule has 2 heterocycles. The van der Waals surface area contributed by atoms with Crippen molar-refractivity contribution >= 4 is 17.5 Å². The second kappa shape index (κ2) is 8.73. The summed E-state index contributed by atoms with van der Waals surface area (Å²) in [7, 11) is 0. The molecule has 0 spiro atoms. The smallest absolute Gasteiger partial charge is 0.342 e. The maximum Gasteiger partial charge on any atom is 0.416 e. The number of aryl methyl sites for hydroxylation is 1. The molecular weight excluding hydrogens is 433 g/mol. The largest absolute Gasteiger partial charge is 0.416 e. The molecule has 0 aliphatic rings. The summed E-state index contributed by atoms with van der Waals surface area (Å²) in [5.41, 5.74) is -0.884. The highest BCUT2D eigenvalue weighted by atomic mass is 35.5. The van der Waals surface area contributed by atoms with Crippen molar-refractivity contribution in [1.29, 1.82) is 5.26 Å². The van der Waals surface area contributed by atoms with Crippen LogP contribution < -0.4 is 5.32 Å². The Balaban J connectivity index is 1.91. The van der Waals surface area contributed by atoms with E-state index in [-0.39, 0.29) is 10.6 Å². The number of alkyl halides is 3. The van der Waals surface area contributed by atoms with Crippen LogP contribution in [0.25, 0.3) is 5.82 Å². The van der Waals surface area contributed by atoms with Gasteiger partial charge >= 0.3 is 6.18 Å². The van der Waals surface area contributed by atoms with Crippen molar-refractivity contribution in [3.05, 3.63) is 69.9 Å². The van der Waals surface area contributed by atoms with Gasteiger partial charge in [0, 0.05) is 23.2 Å². The van der Waals surface area contributed by atoms with E-state index < -0.39 is 23.7 Å². The van der Waals surface area contributed by atoms with E-state index in [1.54, 1.807) is 19.1 Å². The summed E-state index contributed by atoms with van der Waals surface area (Å²) in [6.45, 7) is 3.47. The number of amides is 1. The summed E-state index contributed by atoms with van der Waals surface area (Å²) in [6, 6.07) is 7.04. The lowest BCUT2D eigenvalue weighted by Gasteiger charge is -2.15. The maximum atomic E-state index is 13.0. The van der Waals surface area contributed by atoms with Gasteiger partial charge in [-0.1, -0.05) is 18.5 Å². The lowest BCUT2D eigenvalue weighted by Crippen LogP contribution is -2.29. The van der Waals surface area contributed by atoms with E-state index in [0.29, 0.717) is 29.5 Å². The lowest BCUT2D eigenvalue weighted by atomic mass is 10.1. The number of pyridine rings is 1. The highest BCUT2D eigenvalue weighted by Crippen LogP contribution is 2.32. The first kappa shape index (κ1) is 22.2. The third-order valence-electron chi connectivity index (χ3n) is 4.31. The fourth-order valence-corrected chi connectivity index (χ4v) is 3.01. The predicted octanol–water partition coefficient (Wildman–Crippen LogP) is 4.26. The molecule has 2 aromatic heterocycles. The van der Waals surface area contributed by atoms with Crippen LogP contribution in [-0.2, 0) is 12.6 Å². The molecule has 0 fully saturated rings. The number of hydrogen-bond donors (Lipinski definition) is 1. The zero-order valence-electron chi connectivity index (χ0n) is 16.4. The quantitative estimate of drug-likeness (QED) is 0.629.